The Morgan fingerprint density at radius 2 is 0.554 bits per heavy atom. The smallest absolute Gasteiger partial charge is 0.266 e. The van der Waals surface area contributed by atoms with Crippen LogP contribution in [0.1, 0.15) is 0 Å². The van der Waals surface area contributed by atoms with Crippen LogP contribution in [0.25, 0.3) is 11.1 Å². The molecule has 0 radical (unpaired) electrons. The van der Waals surface area contributed by atoms with Crippen LogP contribution in [0.3, 0.4) is 0 Å². The normalized spacial score (nSPS) is 14.5. The lowest BCUT2D eigenvalue weighted by Crippen LogP contribution is -2.61. The third kappa shape index (κ3) is 3.59. The number of hydrogen-bond donors (Lipinski definition) is 0. The molecule has 0 aromatic heterocycles. The Bertz CT molecular complexity index is 2750. The van der Waals surface area contributed by atoms with E-state index in [4.69, 9.17) is 18.9 Å². The molecule has 0 aliphatic carbocycles. The van der Waals surface area contributed by atoms with Crippen LogP contribution >= 0.6 is 0 Å². The summed E-state index contributed by atoms with van der Waals surface area (Å²) >= 11 is 0. The second-order valence-electron chi connectivity index (χ2n) is 15.1. The summed E-state index contributed by atoms with van der Waals surface area (Å²) in [5, 5.41) is 0. The maximum Gasteiger partial charge on any atom is 0.266 e. The summed E-state index contributed by atoms with van der Waals surface area (Å²) < 4.78 is 26.3. The monoisotopic (exact) mass is 716 g/mol. The molecular formula is C48H26B2N2O4. The van der Waals surface area contributed by atoms with Crippen molar-refractivity contribution in [3.05, 3.63) is 158 Å². The quantitative estimate of drug-likeness (QED) is 0.171. The van der Waals surface area contributed by atoms with Crippen LogP contribution in [0.4, 0.5) is 34.1 Å². The number of ether oxygens (including phenoxy) is 4. The van der Waals surface area contributed by atoms with Gasteiger partial charge in [0.25, 0.3) is 13.4 Å². The molecule has 0 atom stereocenters. The van der Waals surface area contributed by atoms with Crippen molar-refractivity contribution in [1.29, 1.82) is 0 Å². The fourth-order valence-electron chi connectivity index (χ4n) is 10.2. The van der Waals surface area contributed by atoms with E-state index in [1.54, 1.807) is 0 Å². The first-order chi connectivity index (χ1) is 27.8. The Labute approximate surface area is 322 Å². The highest BCUT2D eigenvalue weighted by Crippen LogP contribution is 2.48. The lowest BCUT2D eigenvalue weighted by molar-refractivity contribution is 0.463. The minimum atomic E-state index is 0.0321. The molecule has 258 valence electrons. The number of anilines is 6. The van der Waals surface area contributed by atoms with Crippen molar-refractivity contribution < 1.29 is 18.9 Å². The number of hydrogen-bond acceptors (Lipinski definition) is 6. The van der Waals surface area contributed by atoms with Gasteiger partial charge in [-0.1, -0.05) is 60.7 Å². The molecular weight excluding hydrogens is 690 g/mol. The lowest BCUT2D eigenvalue weighted by atomic mass is 9.33. The zero-order valence-electron chi connectivity index (χ0n) is 29.7. The highest BCUT2D eigenvalue weighted by molar-refractivity contribution is 7.01. The highest BCUT2D eigenvalue weighted by Gasteiger charge is 2.48. The summed E-state index contributed by atoms with van der Waals surface area (Å²) in [4.78, 5) is 4.74. The topological polar surface area (TPSA) is 43.4 Å². The third-order valence-electron chi connectivity index (χ3n) is 12.3. The first-order valence-electron chi connectivity index (χ1n) is 19.1. The molecule has 8 aromatic rings. The Kier molecular flexibility index (Phi) is 5.33. The lowest BCUT2D eigenvalue weighted by Gasteiger charge is -2.42. The second kappa shape index (κ2) is 10.3. The summed E-state index contributed by atoms with van der Waals surface area (Å²) in [7, 11) is 0. The average molecular weight is 716 g/mol. The Morgan fingerprint density at radius 3 is 0.875 bits per heavy atom. The summed E-state index contributed by atoms with van der Waals surface area (Å²) in [6.07, 6.45) is 0. The SMILES string of the molecule is c1cc(-c2cccc(N3c4cccc5c4B4c6c(cccc6Oc6cccc3c64)O5)c2)cc(N2c3cccc4c3B3c5c(cccc5Oc5cccc2c53)O4)c1. The maximum atomic E-state index is 6.57. The molecule has 0 N–H and O–H groups in total. The first kappa shape index (κ1) is 29.1. The van der Waals surface area contributed by atoms with Crippen molar-refractivity contribution >= 4 is 80.3 Å². The molecule has 0 saturated carbocycles. The van der Waals surface area contributed by atoms with Crippen molar-refractivity contribution in [2.45, 2.75) is 0 Å². The van der Waals surface area contributed by atoms with E-state index in [0.29, 0.717) is 0 Å². The number of nitrogens with zero attached hydrogens (tertiary/aromatic N) is 2. The second-order valence-corrected chi connectivity index (χ2v) is 15.1. The molecule has 0 bridgehead atoms. The van der Waals surface area contributed by atoms with Gasteiger partial charge in [-0.3, -0.25) is 0 Å². The van der Waals surface area contributed by atoms with E-state index in [1.807, 2.05) is 36.4 Å². The van der Waals surface area contributed by atoms with E-state index in [9.17, 15) is 0 Å². The zero-order chi connectivity index (χ0) is 36.2. The molecule has 0 fully saturated rings. The van der Waals surface area contributed by atoms with Crippen LogP contribution in [0.2, 0.25) is 0 Å². The van der Waals surface area contributed by atoms with E-state index in [0.717, 1.165) is 102 Å². The van der Waals surface area contributed by atoms with Gasteiger partial charge < -0.3 is 28.7 Å². The van der Waals surface area contributed by atoms with Gasteiger partial charge in [-0.2, -0.15) is 0 Å². The molecule has 6 nitrogen and oxygen atoms in total. The van der Waals surface area contributed by atoms with Gasteiger partial charge in [0.2, 0.25) is 0 Å². The van der Waals surface area contributed by atoms with Gasteiger partial charge in [-0.15, -0.1) is 0 Å². The molecule has 0 spiro atoms. The van der Waals surface area contributed by atoms with Crippen molar-refractivity contribution in [1.82, 2.24) is 0 Å². The van der Waals surface area contributed by atoms with Crippen molar-refractivity contribution in [3.8, 4) is 57.1 Å². The van der Waals surface area contributed by atoms with Gasteiger partial charge in [0.15, 0.2) is 0 Å². The van der Waals surface area contributed by atoms with E-state index in [1.165, 1.54) is 21.9 Å². The van der Waals surface area contributed by atoms with Crippen LogP contribution in [-0.2, 0) is 0 Å². The molecule has 14 rings (SSSR count). The van der Waals surface area contributed by atoms with Gasteiger partial charge in [0.05, 0.1) is 0 Å². The fraction of sp³-hybridized carbons (Fsp3) is 0. The first-order valence-corrected chi connectivity index (χ1v) is 19.1. The Hall–Kier alpha value is -7.31. The summed E-state index contributed by atoms with van der Waals surface area (Å²) in [6, 6.07) is 55.5. The van der Waals surface area contributed by atoms with Gasteiger partial charge >= 0.3 is 0 Å². The van der Waals surface area contributed by atoms with Gasteiger partial charge in [-0.25, -0.2) is 0 Å². The molecule has 0 saturated heterocycles. The van der Waals surface area contributed by atoms with Gasteiger partial charge in [0, 0.05) is 45.0 Å². The molecule has 0 unspecified atom stereocenters. The minimum absolute atomic E-state index is 0.0321. The third-order valence-corrected chi connectivity index (χ3v) is 12.3. The average Bonchev–Trinajstić information content (AvgIpc) is 3.24. The molecule has 0 amide bonds. The van der Waals surface area contributed by atoms with Crippen molar-refractivity contribution in [2.75, 3.05) is 9.80 Å². The van der Waals surface area contributed by atoms with Crippen LogP contribution in [0, 0.1) is 0 Å². The molecule has 6 heterocycles. The standard InChI is InChI=1S/C48H26B2N2O4/c1-9-27(25-29(11-1)51-31-13-3-17-35-43(31)49-44-32(51)14-4-18-36(44)54-40-22-7-21-39(53-35)47(40)49)28-10-2-12-30(26-28)52-33-15-5-19-37-45(33)50-46-34(52)16-6-20-38(46)56-42-24-8-23-41(55-37)48(42)50/h1-26H. The van der Waals surface area contributed by atoms with Crippen LogP contribution in [-0.4, -0.2) is 13.4 Å². The molecule has 56 heavy (non-hydrogen) atoms. The van der Waals surface area contributed by atoms with E-state index >= 15 is 0 Å². The van der Waals surface area contributed by atoms with Crippen molar-refractivity contribution in [3.63, 3.8) is 0 Å². The van der Waals surface area contributed by atoms with E-state index in [2.05, 4.69) is 131 Å². The van der Waals surface area contributed by atoms with E-state index in [-0.39, 0.29) is 13.4 Å². The molecule has 8 heteroatoms. The Balaban J connectivity index is 0.916. The number of benzene rings is 8. The van der Waals surface area contributed by atoms with Gasteiger partial charge in [-0.05, 0) is 130 Å². The Morgan fingerprint density at radius 1 is 0.286 bits per heavy atom. The van der Waals surface area contributed by atoms with E-state index < -0.39 is 0 Å². The fourth-order valence-corrected chi connectivity index (χ4v) is 10.2. The highest BCUT2D eigenvalue weighted by atomic mass is 16.5. The van der Waals surface area contributed by atoms with Crippen molar-refractivity contribution in [2.24, 2.45) is 0 Å². The summed E-state index contributed by atoms with van der Waals surface area (Å²) in [6.45, 7) is 0.0642. The van der Waals surface area contributed by atoms with Gasteiger partial charge in [0.1, 0.15) is 46.0 Å². The predicted octanol–water partition coefficient (Wildman–Crippen LogP) is 8.38. The summed E-state index contributed by atoms with van der Waals surface area (Å²) in [5.41, 5.74) is 15.7. The van der Waals surface area contributed by atoms with Crippen LogP contribution in [0.5, 0.6) is 46.0 Å². The summed E-state index contributed by atoms with van der Waals surface area (Å²) in [5.74, 6) is 6.99. The van der Waals surface area contributed by atoms with Crippen LogP contribution < -0.4 is 61.5 Å². The maximum absolute atomic E-state index is 6.57. The minimum Gasteiger partial charge on any atom is -0.458 e. The predicted molar refractivity (Wildman–Crippen MR) is 224 cm³/mol. The van der Waals surface area contributed by atoms with Crippen LogP contribution in [0.15, 0.2) is 158 Å². The number of rotatable bonds is 3. The largest absolute Gasteiger partial charge is 0.458 e. The zero-order valence-corrected chi connectivity index (χ0v) is 29.7. The molecule has 6 aliphatic rings. The molecule has 8 aromatic carbocycles. The molecule has 6 aliphatic heterocycles.